The highest BCUT2D eigenvalue weighted by Crippen LogP contribution is 2.28. The van der Waals surface area contributed by atoms with E-state index in [0.717, 1.165) is 27.9 Å². The lowest BCUT2D eigenvalue weighted by Gasteiger charge is -2.24. The summed E-state index contributed by atoms with van der Waals surface area (Å²) in [7, 11) is 3.13. The molecule has 0 aliphatic heterocycles. The fourth-order valence-electron chi connectivity index (χ4n) is 3.14. The minimum atomic E-state index is -1.24. The van der Waals surface area contributed by atoms with E-state index in [-0.39, 0.29) is 18.4 Å². The smallest absolute Gasteiger partial charge is 0.239 e. The number of anilines is 1. The van der Waals surface area contributed by atoms with E-state index < -0.39 is 5.41 Å². The van der Waals surface area contributed by atoms with E-state index in [1.54, 1.807) is 40.2 Å². The van der Waals surface area contributed by atoms with Crippen LogP contribution >= 0.6 is 0 Å². The Balaban J connectivity index is 2.08. The highest BCUT2D eigenvalue weighted by atomic mass is 16.5. The van der Waals surface area contributed by atoms with Crippen LogP contribution in [0, 0.1) is 26.2 Å². The molecule has 0 aliphatic carbocycles. The molecule has 6 nitrogen and oxygen atoms in total. The van der Waals surface area contributed by atoms with Crippen LogP contribution in [-0.4, -0.2) is 26.0 Å². The van der Waals surface area contributed by atoms with E-state index in [9.17, 15) is 9.59 Å². The Labute approximate surface area is 172 Å². The second-order valence-electron chi connectivity index (χ2n) is 7.72. The van der Waals surface area contributed by atoms with Gasteiger partial charge in [0.2, 0.25) is 11.8 Å². The third-order valence-electron chi connectivity index (χ3n) is 4.95. The van der Waals surface area contributed by atoms with Crippen LogP contribution in [0.3, 0.4) is 0 Å². The van der Waals surface area contributed by atoms with Gasteiger partial charge in [0.25, 0.3) is 0 Å². The zero-order chi connectivity index (χ0) is 21.8. The summed E-state index contributed by atoms with van der Waals surface area (Å²) in [5.74, 6) is 0.497. The van der Waals surface area contributed by atoms with Crippen molar-refractivity contribution < 1.29 is 19.1 Å². The standard InChI is InChI=1S/C23H30N2O4/c1-14-10-15(2)20(16(3)11-14)25-22(27)23(4,5)21(26)24-13-17-8-9-18(28-6)19(12-17)29-7/h8-12H,13H2,1-7H3,(H,24,26)(H,25,27). The second kappa shape index (κ2) is 8.99. The summed E-state index contributed by atoms with van der Waals surface area (Å²) in [5, 5.41) is 5.76. The van der Waals surface area contributed by atoms with Crippen LogP contribution in [0.2, 0.25) is 0 Å². The summed E-state index contributed by atoms with van der Waals surface area (Å²) in [6.45, 7) is 9.41. The molecule has 0 bridgehead atoms. The molecule has 0 unspecified atom stereocenters. The molecule has 0 saturated heterocycles. The lowest BCUT2D eigenvalue weighted by atomic mass is 9.90. The molecule has 0 aromatic heterocycles. The van der Waals surface area contributed by atoms with Gasteiger partial charge in [-0.3, -0.25) is 9.59 Å². The number of nitrogens with one attached hydrogen (secondary N) is 2. The quantitative estimate of drug-likeness (QED) is 0.694. The van der Waals surface area contributed by atoms with Crippen LogP contribution < -0.4 is 20.1 Å². The average molecular weight is 399 g/mol. The average Bonchev–Trinajstić information content (AvgIpc) is 2.68. The van der Waals surface area contributed by atoms with Crippen LogP contribution in [-0.2, 0) is 16.1 Å². The summed E-state index contributed by atoms with van der Waals surface area (Å²) >= 11 is 0. The number of hydrogen-bond acceptors (Lipinski definition) is 4. The molecule has 0 atom stereocenters. The van der Waals surface area contributed by atoms with Gasteiger partial charge in [0.1, 0.15) is 5.41 Å². The molecule has 2 rings (SSSR count). The summed E-state index contributed by atoms with van der Waals surface area (Å²) in [4.78, 5) is 25.6. The SMILES string of the molecule is COc1ccc(CNC(=O)C(C)(C)C(=O)Nc2c(C)cc(C)cc2C)cc1OC. The molecule has 0 saturated carbocycles. The van der Waals surface area contributed by atoms with Gasteiger partial charge in [-0.1, -0.05) is 23.8 Å². The Kier molecular flexibility index (Phi) is 6.90. The summed E-state index contributed by atoms with van der Waals surface area (Å²) < 4.78 is 10.5. The molecule has 0 aliphatic rings. The van der Waals surface area contributed by atoms with E-state index in [1.807, 2.05) is 39.0 Å². The number of amides is 2. The van der Waals surface area contributed by atoms with Gasteiger partial charge in [0.15, 0.2) is 11.5 Å². The summed E-state index contributed by atoms with van der Waals surface area (Å²) in [6, 6.07) is 9.43. The van der Waals surface area contributed by atoms with Crippen molar-refractivity contribution in [2.45, 2.75) is 41.2 Å². The molecule has 2 amide bonds. The minimum Gasteiger partial charge on any atom is -0.493 e. The lowest BCUT2D eigenvalue weighted by Crippen LogP contribution is -2.45. The fraction of sp³-hybridized carbons (Fsp3) is 0.391. The van der Waals surface area contributed by atoms with Crippen LogP contribution in [0.25, 0.3) is 0 Å². The molecular weight excluding hydrogens is 368 g/mol. The summed E-state index contributed by atoms with van der Waals surface area (Å²) in [6.07, 6.45) is 0. The van der Waals surface area contributed by atoms with Crippen LogP contribution in [0.5, 0.6) is 11.5 Å². The Morgan fingerprint density at radius 3 is 2.03 bits per heavy atom. The number of ether oxygens (including phenoxy) is 2. The Morgan fingerprint density at radius 1 is 0.897 bits per heavy atom. The van der Waals surface area contributed by atoms with Gasteiger partial charge in [-0.05, 0) is 63.4 Å². The first-order chi connectivity index (χ1) is 13.6. The zero-order valence-electron chi connectivity index (χ0n) is 18.2. The van der Waals surface area contributed by atoms with Crippen LogP contribution in [0.15, 0.2) is 30.3 Å². The van der Waals surface area contributed by atoms with Gasteiger partial charge in [0, 0.05) is 12.2 Å². The fourth-order valence-corrected chi connectivity index (χ4v) is 3.14. The molecular formula is C23H30N2O4. The Morgan fingerprint density at radius 2 is 1.48 bits per heavy atom. The molecule has 0 fully saturated rings. The van der Waals surface area contributed by atoms with E-state index in [4.69, 9.17) is 9.47 Å². The Bertz CT molecular complexity index is 896. The van der Waals surface area contributed by atoms with Crippen molar-refractivity contribution in [3.05, 3.63) is 52.6 Å². The molecule has 2 aromatic carbocycles. The molecule has 29 heavy (non-hydrogen) atoms. The minimum absolute atomic E-state index is 0.276. The van der Waals surface area contributed by atoms with Crippen molar-refractivity contribution in [2.24, 2.45) is 5.41 Å². The topological polar surface area (TPSA) is 76.7 Å². The third-order valence-corrected chi connectivity index (χ3v) is 4.95. The van der Waals surface area contributed by atoms with E-state index in [0.29, 0.717) is 11.5 Å². The van der Waals surface area contributed by atoms with E-state index >= 15 is 0 Å². The largest absolute Gasteiger partial charge is 0.493 e. The number of aryl methyl sites for hydroxylation is 3. The first kappa shape index (κ1) is 22.3. The van der Waals surface area contributed by atoms with Crippen molar-refractivity contribution >= 4 is 17.5 Å². The zero-order valence-corrected chi connectivity index (χ0v) is 18.2. The lowest BCUT2D eigenvalue weighted by molar-refractivity contribution is -0.138. The highest BCUT2D eigenvalue weighted by Gasteiger charge is 2.36. The maximum absolute atomic E-state index is 12.9. The number of carbonyl (C=O) groups is 2. The first-order valence-corrected chi connectivity index (χ1v) is 9.48. The maximum Gasteiger partial charge on any atom is 0.239 e. The molecule has 2 aromatic rings. The molecule has 156 valence electrons. The number of hydrogen-bond donors (Lipinski definition) is 2. The first-order valence-electron chi connectivity index (χ1n) is 9.48. The molecule has 0 heterocycles. The molecule has 2 N–H and O–H groups in total. The van der Waals surface area contributed by atoms with E-state index in [1.165, 1.54) is 0 Å². The van der Waals surface area contributed by atoms with Crippen LogP contribution in [0.1, 0.15) is 36.1 Å². The predicted molar refractivity (Wildman–Crippen MR) is 114 cm³/mol. The van der Waals surface area contributed by atoms with Gasteiger partial charge < -0.3 is 20.1 Å². The second-order valence-corrected chi connectivity index (χ2v) is 7.72. The Hall–Kier alpha value is -3.02. The van der Waals surface area contributed by atoms with Crippen molar-refractivity contribution in [3.63, 3.8) is 0 Å². The third kappa shape index (κ3) is 5.08. The van der Waals surface area contributed by atoms with Gasteiger partial charge in [-0.15, -0.1) is 0 Å². The number of methoxy groups -OCH3 is 2. The maximum atomic E-state index is 12.9. The monoisotopic (exact) mass is 398 g/mol. The number of benzene rings is 2. The van der Waals surface area contributed by atoms with Gasteiger partial charge in [-0.25, -0.2) is 0 Å². The normalized spacial score (nSPS) is 11.0. The van der Waals surface area contributed by atoms with Gasteiger partial charge >= 0.3 is 0 Å². The molecule has 6 heteroatoms. The van der Waals surface area contributed by atoms with Crippen LogP contribution in [0.4, 0.5) is 5.69 Å². The number of carbonyl (C=O) groups excluding carboxylic acids is 2. The van der Waals surface area contributed by atoms with Crippen molar-refractivity contribution in [2.75, 3.05) is 19.5 Å². The van der Waals surface area contributed by atoms with Crippen molar-refractivity contribution in [1.29, 1.82) is 0 Å². The van der Waals surface area contributed by atoms with Crippen molar-refractivity contribution in [3.8, 4) is 11.5 Å². The van der Waals surface area contributed by atoms with Gasteiger partial charge in [-0.2, -0.15) is 0 Å². The van der Waals surface area contributed by atoms with Crippen molar-refractivity contribution in [1.82, 2.24) is 5.32 Å². The van der Waals surface area contributed by atoms with E-state index in [2.05, 4.69) is 10.6 Å². The van der Waals surface area contributed by atoms with Gasteiger partial charge in [0.05, 0.1) is 14.2 Å². The number of rotatable bonds is 7. The highest BCUT2D eigenvalue weighted by molar-refractivity contribution is 6.10. The predicted octanol–water partition coefficient (Wildman–Crippen LogP) is 3.91. The molecule has 0 spiro atoms. The molecule has 0 radical (unpaired) electrons. The summed E-state index contributed by atoms with van der Waals surface area (Å²) in [5.41, 5.74) is 3.43.